The third kappa shape index (κ3) is 17.7. The summed E-state index contributed by atoms with van der Waals surface area (Å²) in [4.78, 5) is 76.1. The number of unbranched alkanes of at least 4 members (excludes halogenated alkanes) is 3. The van der Waals surface area contributed by atoms with Crippen molar-refractivity contribution in [3.05, 3.63) is 0 Å². The van der Waals surface area contributed by atoms with Crippen LogP contribution in [0.2, 0.25) is 0 Å². The van der Waals surface area contributed by atoms with Gasteiger partial charge in [-0.15, -0.1) is 0 Å². The van der Waals surface area contributed by atoms with Crippen molar-refractivity contribution < 1.29 is 33.9 Å². The summed E-state index contributed by atoms with van der Waals surface area (Å²) in [6.45, 7) is 4.65. The van der Waals surface area contributed by atoms with Gasteiger partial charge in [-0.05, 0) is 83.3 Å². The number of carbonyl (C=O) groups excluding carboxylic acids is 5. The van der Waals surface area contributed by atoms with Crippen molar-refractivity contribution in [1.29, 1.82) is 0 Å². The summed E-state index contributed by atoms with van der Waals surface area (Å²) in [6.07, 6.45) is 4.18. The number of aliphatic carboxylic acids is 1. The molecule has 0 aromatic heterocycles. The van der Waals surface area contributed by atoms with E-state index in [9.17, 15) is 33.9 Å². The minimum atomic E-state index is -1.22. The number of carboxylic acids is 1. The van der Waals surface area contributed by atoms with Crippen LogP contribution in [0, 0.1) is 5.92 Å². The van der Waals surface area contributed by atoms with E-state index < -0.39 is 65.7 Å². The molecule has 0 spiro atoms. The third-order valence-electron chi connectivity index (χ3n) is 7.56. The Morgan fingerprint density at radius 3 is 1.42 bits per heavy atom. The minimum Gasteiger partial charge on any atom is -0.480 e. The van der Waals surface area contributed by atoms with E-state index in [0.717, 1.165) is 0 Å². The summed E-state index contributed by atoms with van der Waals surface area (Å²) in [5.41, 5.74) is 28.0. The molecule has 0 aliphatic carbocycles. The Morgan fingerprint density at radius 1 is 0.622 bits per heavy atom. The van der Waals surface area contributed by atoms with E-state index in [1.165, 1.54) is 0 Å². The molecule has 0 saturated heterocycles. The van der Waals surface area contributed by atoms with Crippen LogP contribution in [0.5, 0.6) is 0 Å². The standard InChI is InChI=1S/C29H57N9O7/c1-3-18(2)24(29(44)45)38-28(43)21(12-6-9-17-32)37-26(41)20(11-5-8-16-31)36-27(42)22(13-14-23(34)39)35-25(40)19(33)10-4-7-15-30/h18-22,24H,3-17,30-33H2,1-2H3,(H2,34,39)(H,35,40)(H,36,42)(H,37,41)(H,38,43)(H,44,45)/t18-,19-,20-,21-,22-,24-/m0/s1. The molecule has 0 aliphatic heterocycles. The number of nitrogens with one attached hydrogen (secondary N) is 4. The van der Waals surface area contributed by atoms with Gasteiger partial charge in [-0.25, -0.2) is 4.79 Å². The highest BCUT2D eigenvalue weighted by Crippen LogP contribution is 2.11. The minimum absolute atomic E-state index is 0.129. The summed E-state index contributed by atoms with van der Waals surface area (Å²) in [6, 6.07) is -5.52. The topological polar surface area (TPSA) is 301 Å². The second-order valence-corrected chi connectivity index (χ2v) is 11.4. The lowest BCUT2D eigenvalue weighted by molar-refractivity contribution is -0.144. The van der Waals surface area contributed by atoms with Crippen LogP contribution in [0.15, 0.2) is 0 Å². The van der Waals surface area contributed by atoms with Crippen molar-refractivity contribution in [3.63, 3.8) is 0 Å². The molecule has 15 N–H and O–H groups in total. The third-order valence-corrected chi connectivity index (χ3v) is 7.56. The Morgan fingerprint density at radius 2 is 1.02 bits per heavy atom. The maximum Gasteiger partial charge on any atom is 0.326 e. The average Bonchev–Trinajstić information content (AvgIpc) is 2.99. The first-order valence-electron chi connectivity index (χ1n) is 15.9. The molecule has 0 saturated carbocycles. The van der Waals surface area contributed by atoms with Gasteiger partial charge in [0, 0.05) is 6.42 Å². The Hall–Kier alpha value is -3.34. The molecule has 0 bridgehead atoms. The number of rotatable bonds is 26. The maximum atomic E-state index is 13.5. The fraction of sp³-hybridized carbons (Fsp3) is 0.793. The lowest BCUT2D eigenvalue weighted by Crippen LogP contribution is -2.58. The Labute approximate surface area is 266 Å². The number of carboxylic acid groups (broad SMARTS) is 1. The Balaban J connectivity index is 5.96. The van der Waals surface area contributed by atoms with E-state index >= 15 is 0 Å². The summed E-state index contributed by atoms with van der Waals surface area (Å²) >= 11 is 0. The van der Waals surface area contributed by atoms with Gasteiger partial charge in [-0.1, -0.05) is 26.7 Å². The molecule has 16 nitrogen and oxygen atoms in total. The van der Waals surface area contributed by atoms with Gasteiger partial charge < -0.3 is 55.0 Å². The smallest absolute Gasteiger partial charge is 0.326 e. The zero-order chi connectivity index (χ0) is 34.4. The number of hydrogen-bond acceptors (Lipinski definition) is 10. The normalized spacial score (nSPS) is 15.1. The first-order valence-corrected chi connectivity index (χ1v) is 15.9. The van der Waals surface area contributed by atoms with Gasteiger partial charge in [0.1, 0.15) is 24.2 Å². The van der Waals surface area contributed by atoms with Gasteiger partial charge in [0.15, 0.2) is 0 Å². The van der Waals surface area contributed by atoms with Crippen LogP contribution in [0.25, 0.3) is 0 Å². The van der Waals surface area contributed by atoms with E-state index in [1.807, 2.05) is 0 Å². The molecule has 6 atom stereocenters. The lowest BCUT2D eigenvalue weighted by Gasteiger charge is -2.27. The molecule has 0 aromatic rings. The second kappa shape index (κ2) is 24.0. The van der Waals surface area contributed by atoms with Gasteiger partial charge in [-0.2, -0.15) is 0 Å². The first-order chi connectivity index (χ1) is 21.3. The fourth-order valence-electron chi connectivity index (χ4n) is 4.48. The van der Waals surface area contributed by atoms with Crippen LogP contribution in [0.3, 0.4) is 0 Å². The molecular weight excluding hydrogens is 586 g/mol. The molecule has 5 amide bonds. The maximum absolute atomic E-state index is 13.5. The summed E-state index contributed by atoms with van der Waals surface area (Å²) in [7, 11) is 0. The quantitative estimate of drug-likeness (QED) is 0.0461. The van der Waals surface area contributed by atoms with Gasteiger partial charge in [0.2, 0.25) is 29.5 Å². The Bertz CT molecular complexity index is 938. The molecule has 260 valence electrons. The van der Waals surface area contributed by atoms with E-state index in [2.05, 4.69) is 21.3 Å². The molecule has 45 heavy (non-hydrogen) atoms. The molecule has 0 radical (unpaired) electrons. The number of carbonyl (C=O) groups is 6. The summed E-state index contributed by atoms with van der Waals surface area (Å²) < 4.78 is 0. The molecular formula is C29H57N9O7. The molecule has 0 aromatic carbocycles. The first kappa shape index (κ1) is 41.7. The van der Waals surface area contributed by atoms with Crippen molar-refractivity contribution in [2.45, 2.75) is 121 Å². The van der Waals surface area contributed by atoms with E-state index in [1.54, 1.807) is 13.8 Å². The summed E-state index contributed by atoms with van der Waals surface area (Å²) in [5.74, 6) is -4.94. The van der Waals surface area contributed by atoms with Crippen molar-refractivity contribution in [1.82, 2.24) is 21.3 Å². The highest BCUT2D eigenvalue weighted by Gasteiger charge is 2.32. The number of hydrogen-bond donors (Lipinski definition) is 10. The van der Waals surface area contributed by atoms with E-state index in [4.69, 9.17) is 28.7 Å². The monoisotopic (exact) mass is 643 g/mol. The highest BCUT2D eigenvalue weighted by molar-refractivity contribution is 5.95. The van der Waals surface area contributed by atoms with Crippen LogP contribution < -0.4 is 49.9 Å². The van der Waals surface area contributed by atoms with Gasteiger partial charge in [-0.3, -0.25) is 24.0 Å². The molecule has 0 unspecified atom stereocenters. The van der Waals surface area contributed by atoms with Crippen molar-refractivity contribution in [2.75, 3.05) is 19.6 Å². The Kier molecular flexibility index (Phi) is 22.2. The zero-order valence-corrected chi connectivity index (χ0v) is 26.9. The van der Waals surface area contributed by atoms with Crippen LogP contribution in [-0.4, -0.2) is 90.5 Å². The second-order valence-electron chi connectivity index (χ2n) is 11.4. The average molecular weight is 644 g/mol. The molecule has 0 aliphatic rings. The van der Waals surface area contributed by atoms with Crippen LogP contribution in [0.1, 0.15) is 90.9 Å². The number of nitrogens with two attached hydrogens (primary N) is 5. The van der Waals surface area contributed by atoms with Crippen LogP contribution >= 0.6 is 0 Å². The molecule has 0 heterocycles. The zero-order valence-electron chi connectivity index (χ0n) is 26.9. The van der Waals surface area contributed by atoms with Crippen molar-refractivity contribution in [2.24, 2.45) is 34.6 Å². The number of amides is 5. The summed E-state index contributed by atoms with van der Waals surface area (Å²) in [5, 5.41) is 20.0. The predicted molar refractivity (Wildman–Crippen MR) is 170 cm³/mol. The van der Waals surface area contributed by atoms with E-state index in [0.29, 0.717) is 71.0 Å². The van der Waals surface area contributed by atoms with E-state index in [-0.39, 0.29) is 31.6 Å². The largest absolute Gasteiger partial charge is 0.480 e. The lowest BCUT2D eigenvalue weighted by atomic mass is 9.98. The predicted octanol–water partition coefficient (Wildman–Crippen LogP) is -1.96. The van der Waals surface area contributed by atoms with Gasteiger partial charge in [0.05, 0.1) is 6.04 Å². The molecule has 0 fully saturated rings. The van der Waals surface area contributed by atoms with Crippen molar-refractivity contribution in [3.8, 4) is 0 Å². The SMILES string of the molecule is CC[C@H](C)[C@H](NC(=O)[C@H](CCCCN)NC(=O)[C@H](CCCCN)NC(=O)[C@H](CCC(N)=O)NC(=O)[C@@H](N)CCCCN)C(=O)O. The van der Waals surface area contributed by atoms with Gasteiger partial charge >= 0.3 is 5.97 Å². The number of primary amides is 1. The molecule has 0 rings (SSSR count). The molecule has 16 heteroatoms. The van der Waals surface area contributed by atoms with Crippen molar-refractivity contribution >= 4 is 35.5 Å². The van der Waals surface area contributed by atoms with Crippen LogP contribution in [0.4, 0.5) is 0 Å². The van der Waals surface area contributed by atoms with Gasteiger partial charge in [0.25, 0.3) is 0 Å². The fourth-order valence-corrected chi connectivity index (χ4v) is 4.48. The highest BCUT2D eigenvalue weighted by atomic mass is 16.4. The van der Waals surface area contributed by atoms with Crippen LogP contribution in [-0.2, 0) is 28.8 Å².